The molecule has 2 rings (SSSR count). The summed E-state index contributed by atoms with van der Waals surface area (Å²) in [6.45, 7) is 0. The van der Waals surface area contributed by atoms with Gasteiger partial charge in [0.25, 0.3) is 0 Å². The summed E-state index contributed by atoms with van der Waals surface area (Å²) in [5.74, 6) is -0.302. The quantitative estimate of drug-likeness (QED) is 0.681. The molecule has 1 heterocycles. The van der Waals surface area contributed by atoms with Crippen LogP contribution in [0.3, 0.4) is 0 Å². The van der Waals surface area contributed by atoms with Crippen molar-refractivity contribution in [3.63, 3.8) is 0 Å². The smallest absolute Gasteiger partial charge is 0.194 e. The molecule has 18 heavy (non-hydrogen) atoms. The summed E-state index contributed by atoms with van der Waals surface area (Å²) in [4.78, 5) is -0.147. The van der Waals surface area contributed by atoms with Crippen LogP contribution in [-0.2, 0) is 19.7 Å². The Hall–Kier alpha value is -0.670. The maximum Gasteiger partial charge on any atom is 0.194 e. The standard InChI is InChI=1S/C11H9IO4S2/c12-10-4-1-3-9(7-10)11-8-17(13,14)5-2-6-18(11,15)16/h1-5,7-8H,6H2. The Labute approximate surface area is 119 Å². The predicted octanol–water partition coefficient (Wildman–Crippen LogP) is 1.95. The van der Waals surface area contributed by atoms with E-state index < -0.39 is 19.7 Å². The number of hydrogen-bond donors (Lipinski definition) is 0. The van der Waals surface area contributed by atoms with Crippen molar-refractivity contribution in [3.05, 3.63) is 50.3 Å². The summed E-state index contributed by atoms with van der Waals surface area (Å²) in [5.41, 5.74) is 0.397. The van der Waals surface area contributed by atoms with E-state index in [4.69, 9.17) is 0 Å². The molecule has 0 spiro atoms. The highest BCUT2D eigenvalue weighted by atomic mass is 127. The zero-order chi connectivity index (χ0) is 13.4. The Morgan fingerprint density at radius 3 is 2.50 bits per heavy atom. The molecule has 0 saturated carbocycles. The van der Waals surface area contributed by atoms with E-state index in [1.54, 1.807) is 24.3 Å². The third-order valence-electron chi connectivity index (χ3n) is 2.32. The lowest BCUT2D eigenvalue weighted by Gasteiger charge is -2.06. The minimum Gasteiger partial charge on any atom is -0.223 e. The molecule has 96 valence electrons. The third kappa shape index (κ3) is 3.01. The first kappa shape index (κ1) is 13.8. The molecule has 4 nitrogen and oxygen atoms in total. The lowest BCUT2D eigenvalue weighted by molar-refractivity contribution is 0.607. The Morgan fingerprint density at radius 1 is 1.11 bits per heavy atom. The second-order valence-corrected chi connectivity index (χ2v) is 8.67. The Bertz CT molecular complexity index is 743. The van der Waals surface area contributed by atoms with E-state index in [1.165, 1.54) is 0 Å². The van der Waals surface area contributed by atoms with Gasteiger partial charge in [0.1, 0.15) is 0 Å². The molecule has 1 aromatic rings. The van der Waals surface area contributed by atoms with Crippen LogP contribution in [0, 0.1) is 3.57 Å². The SMILES string of the molecule is O=S1(=O)C=CCS(=O)(=O)C(c2cccc(I)c2)=C1. The summed E-state index contributed by atoms with van der Waals surface area (Å²) in [6, 6.07) is 6.73. The minimum absolute atomic E-state index is 0.147. The van der Waals surface area contributed by atoms with Crippen molar-refractivity contribution in [2.24, 2.45) is 0 Å². The molecule has 0 N–H and O–H groups in total. The highest BCUT2D eigenvalue weighted by molar-refractivity contribution is 14.1. The number of benzene rings is 1. The highest BCUT2D eigenvalue weighted by Crippen LogP contribution is 2.26. The van der Waals surface area contributed by atoms with Gasteiger partial charge in [0, 0.05) is 8.98 Å². The van der Waals surface area contributed by atoms with E-state index in [9.17, 15) is 16.8 Å². The molecule has 0 radical (unpaired) electrons. The van der Waals surface area contributed by atoms with Crippen molar-refractivity contribution in [2.45, 2.75) is 0 Å². The molecular weight excluding hydrogens is 387 g/mol. The van der Waals surface area contributed by atoms with Gasteiger partial charge in [-0.1, -0.05) is 18.2 Å². The first-order valence-corrected chi connectivity index (χ1v) is 9.26. The number of halogens is 1. The maximum atomic E-state index is 12.0. The van der Waals surface area contributed by atoms with Crippen LogP contribution in [0.5, 0.6) is 0 Å². The summed E-state index contributed by atoms with van der Waals surface area (Å²) in [5, 5.41) is 1.74. The third-order valence-corrected chi connectivity index (χ3v) is 5.93. The Balaban J connectivity index is 2.71. The van der Waals surface area contributed by atoms with Crippen molar-refractivity contribution in [1.82, 2.24) is 0 Å². The fourth-order valence-corrected chi connectivity index (χ4v) is 5.09. The summed E-state index contributed by atoms with van der Waals surface area (Å²) in [6.07, 6.45) is 1.15. The average Bonchev–Trinajstić information content (AvgIpc) is 2.35. The molecule has 1 aliphatic rings. The first-order chi connectivity index (χ1) is 8.30. The highest BCUT2D eigenvalue weighted by Gasteiger charge is 2.24. The Morgan fingerprint density at radius 2 is 1.83 bits per heavy atom. The lowest BCUT2D eigenvalue weighted by Crippen LogP contribution is -2.06. The molecule has 0 aliphatic carbocycles. The van der Waals surface area contributed by atoms with Crippen molar-refractivity contribution in [1.29, 1.82) is 0 Å². The zero-order valence-corrected chi connectivity index (χ0v) is 12.9. The lowest BCUT2D eigenvalue weighted by atomic mass is 10.2. The van der Waals surface area contributed by atoms with E-state index in [0.717, 1.165) is 20.5 Å². The van der Waals surface area contributed by atoms with Gasteiger partial charge < -0.3 is 0 Å². The summed E-state index contributed by atoms with van der Waals surface area (Å²) < 4.78 is 48.1. The van der Waals surface area contributed by atoms with E-state index in [-0.39, 0.29) is 10.7 Å². The zero-order valence-electron chi connectivity index (χ0n) is 9.08. The van der Waals surface area contributed by atoms with Crippen molar-refractivity contribution >= 4 is 47.2 Å². The van der Waals surface area contributed by atoms with Crippen LogP contribution in [0.2, 0.25) is 0 Å². The predicted molar refractivity (Wildman–Crippen MR) is 79.0 cm³/mol. The van der Waals surface area contributed by atoms with E-state index in [0.29, 0.717) is 5.56 Å². The van der Waals surface area contributed by atoms with E-state index >= 15 is 0 Å². The molecule has 1 aromatic carbocycles. The van der Waals surface area contributed by atoms with Crippen molar-refractivity contribution in [3.8, 4) is 0 Å². The van der Waals surface area contributed by atoms with Crippen molar-refractivity contribution < 1.29 is 16.8 Å². The van der Waals surface area contributed by atoms with Crippen molar-refractivity contribution in [2.75, 3.05) is 5.75 Å². The van der Waals surface area contributed by atoms with Gasteiger partial charge in [0.15, 0.2) is 19.7 Å². The van der Waals surface area contributed by atoms with Crippen LogP contribution < -0.4 is 0 Å². The summed E-state index contributed by atoms with van der Waals surface area (Å²) in [7, 11) is -7.23. The fourth-order valence-electron chi connectivity index (χ4n) is 1.54. The molecule has 0 saturated heterocycles. The molecule has 0 aromatic heterocycles. The largest absolute Gasteiger partial charge is 0.223 e. The molecule has 0 unspecified atom stereocenters. The maximum absolute atomic E-state index is 12.0. The van der Waals surface area contributed by atoms with Crippen LogP contribution in [0.1, 0.15) is 5.56 Å². The van der Waals surface area contributed by atoms with Crippen LogP contribution in [0.15, 0.2) is 41.2 Å². The van der Waals surface area contributed by atoms with Crippen LogP contribution >= 0.6 is 22.6 Å². The normalized spacial score (nSPS) is 21.1. The van der Waals surface area contributed by atoms with Crippen LogP contribution in [-0.4, -0.2) is 22.6 Å². The average molecular weight is 396 g/mol. The van der Waals surface area contributed by atoms with Gasteiger partial charge in [-0.3, -0.25) is 0 Å². The second kappa shape index (κ2) is 4.78. The number of rotatable bonds is 1. The van der Waals surface area contributed by atoms with Gasteiger partial charge >= 0.3 is 0 Å². The number of hydrogen-bond acceptors (Lipinski definition) is 4. The molecule has 7 heteroatoms. The molecule has 1 aliphatic heterocycles. The van der Waals surface area contributed by atoms with Crippen LogP contribution in [0.4, 0.5) is 0 Å². The molecule has 0 bridgehead atoms. The molecule has 0 amide bonds. The minimum atomic E-state index is -3.62. The first-order valence-electron chi connectivity index (χ1n) is 4.92. The van der Waals surface area contributed by atoms with E-state index in [1.807, 2.05) is 22.6 Å². The van der Waals surface area contributed by atoms with Gasteiger partial charge in [-0.05, 0) is 40.3 Å². The van der Waals surface area contributed by atoms with Gasteiger partial charge in [0.05, 0.1) is 16.1 Å². The van der Waals surface area contributed by atoms with Gasteiger partial charge in [-0.25, -0.2) is 16.8 Å². The number of sulfone groups is 2. The monoisotopic (exact) mass is 396 g/mol. The van der Waals surface area contributed by atoms with Gasteiger partial charge in [-0.2, -0.15) is 0 Å². The van der Waals surface area contributed by atoms with Gasteiger partial charge in [-0.15, -0.1) is 0 Å². The molecular formula is C11H9IO4S2. The molecule has 0 fully saturated rings. The topological polar surface area (TPSA) is 68.3 Å². The second-order valence-electron chi connectivity index (χ2n) is 3.73. The summed E-state index contributed by atoms with van der Waals surface area (Å²) >= 11 is 2.04. The Kier molecular flexibility index (Phi) is 3.65. The van der Waals surface area contributed by atoms with Crippen LogP contribution in [0.25, 0.3) is 4.91 Å². The van der Waals surface area contributed by atoms with E-state index in [2.05, 4.69) is 0 Å². The van der Waals surface area contributed by atoms with Gasteiger partial charge in [0.2, 0.25) is 0 Å². The fraction of sp³-hybridized carbons (Fsp3) is 0.0909. The molecule has 0 atom stereocenters.